The third-order valence-electron chi connectivity index (χ3n) is 3.36. The molecule has 2 rings (SSSR count). The molecule has 0 saturated heterocycles. The maximum atomic E-state index is 12.4. The largest absolute Gasteiger partial charge is 0.490 e. The van der Waals surface area contributed by atoms with E-state index in [0.29, 0.717) is 28.1 Å². The van der Waals surface area contributed by atoms with E-state index in [4.69, 9.17) is 9.47 Å². The number of nitrogens with zero attached hydrogens (tertiary/aromatic N) is 1. The second kappa shape index (κ2) is 10.2. The fraction of sp³-hybridized carbons (Fsp3) is 0.150. The highest BCUT2D eigenvalue weighted by Crippen LogP contribution is 2.37. The molecule has 6 nitrogen and oxygen atoms in total. The van der Waals surface area contributed by atoms with E-state index in [1.54, 1.807) is 31.2 Å². The number of carbonyl (C=O) groups is 2. The minimum absolute atomic E-state index is 0.0758. The van der Waals surface area contributed by atoms with Gasteiger partial charge in [0.05, 0.1) is 11.1 Å². The van der Waals surface area contributed by atoms with Crippen LogP contribution in [0.15, 0.2) is 46.4 Å². The summed E-state index contributed by atoms with van der Waals surface area (Å²) < 4.78 is 12.2. The van der Waals surface area contributed by atoms with Gasteiger partial charge in [-0.05, 0) is 93.5 Å². The molecule has 0 saturated carbocycles. The molecule has 0 heterocycles. The van der Waals surface area contributed by atoms with Gasteiger partial charge in [0.25, 0.3) is 5.91 Å². The van der Waals surface area contributed by atoms with Crippen LogP contribution in [0.3, 0.4) is 0 Å². The fourth-order valence-electron chi connectivity index (χ4n) is 2.22. The van der Waals surface area contributed by atoms with Crippen LogP contribution in [-0.4, -0.2) is 18.5 Å². The van der Waals surface area contributed by atoms with Crippen molar-refractivity contribution in [2.75, 3.05) is 11.9 Å². The smallest absolute Gasteiger partial charge is 0.308 e. The van der Waals surface area contributed by atoms with Crippen LogP contribution in [-0.2, 0) is 9.59 Å². The molecule has 0 aliphatic rings. The van der Waals surface area contributed by atoms with E-state index in [9.17, 15) is 14.9 Å². The highest BCUT2D eigenvalue weighted by atomic mass is 127. The van der Waals surface area contributed by atoms with Crippen LogP contribution in [0.2, 0.25) is 0 Å². The van der Waals surface area contributed by atoms with Crippen molar-refractivity contribution in [2.45, 2.75) is 13.8 Å². The first kappa shape index (κ1) is 21.9. The van der Waals surface area contributed by atoms with E-state index >= 15 is 0 Å². The summed E-state index contributed by atoms with van der Waals surface area (Å²) >= 11 is 5.50. The van der Waals surface area contributed by atoms with Crippen LogP contribution in [0.4, 0.5) is 5.69 Å². The van der Waals surface area contributed by atoms with E-state index in [1.165, 1.54) is 13.0 Å². The summed E-state index contributed by atoms with van der Waals surface area (Å²) in [7, 11) is 0. The third kappa shape index (κ3) is 6.07. The normalized spacial score (nSPS) is 10.8. The predicted octanol–water partition coefficient (Wildman–Crippen LogP) is 4.92. The molecule has 0 fully saturated rings. The van der Waals surface area contributed by atoms with Gasteiger partial charge in [0.2, 0.25) is 0 Å². The summed E-state index contributed by atoms with van der Waals surface area (Å²) in [6, 6.07) is 12.4. The van der Waals surface area contributed by atoms with Crippen LogP contribution < -0.4 is 14.8 Å². The molecular formula is C20H16BrIN2O4. The van der Waals surface area contributed by atoms with E-state index in [-0.39, 0.29) is 11.3 Å². The zero-order valence-electron chi connectivity index (χ0n) is 15.1. The van der Waals surface area contributed by atoms with Crippen LogP contribution in [0.1, 0.15) is 19.4 Å². The monoisotopic (exact) mass is 554 g/mol. The number of hydrogen-bond donors (Lipinski definition) is 1. The Morgan fingerprint density at radius 3 is 2.54 bits per heavy atom. The Hall–Kier alpha value is -2.38. The topological polar surface area (TPSA) is 88.4 Å². The van der Waals surface area contributed by atoms with Crippen molar-refractivity contribution < 1.29 is 19.1 Å². The Morgan fingerprint density at radius 1 is 1.29 bits per heavy atom. The molecule has 0 aliphatic carbocycles. The second-order valence-corrected chi connectivity index (χ2v) is 7.59. The zero-order chi connectivity index (χ0) is 20.7. The molecule has 0 bridgehead atoms. The fourth-order valence-corrected chi connectivity index (χ4v) is 3.12. The lowest BCUT2D eigenvalue weighted by molar-refractivity contribution is -0.132. The molecule has 0 atom stereocenters. The lowest BCUT2D eigenvalue weighted by Gasteiger charge is -2.12. The molecule has 0 aliphatic heterocycles. The number of halogens is 2. The first-order valence-corrected chi connectivity index (χ1v) is 10.0. The van der Waals surface area contributed by atoms with Crippen molar-refractivity contribution >= 4 is 62.2 Å². The number of amides is 1. The Bertz CT molecular complexity index is 965. The standard InChI is InChI=1S/C20H16BrIN2O4/c1-3-27-18-10-13(9-17(21)19(18)28-12(2)25)8-14(11-23)20(26)24-16-6-4-15(22)5-7-16/h4-10H,3H2,1-2H3,(H,24,26)/b14-8-. The number of ether oxygens (including phenoxy) is 2. The summed E-state index contributed by atoms with van der Waals surface area (Å²) in [6.45, 7) is 3.44. The molecule has 0 unspecified atom stereocenters. The number of hydrogen-bond acceptors (Lipinski definition) is 5. The van der Waals surface area contributed by atoms with Crippen LogP contribution in [0.5, 0.6) is 11.5 Å². The summed E-state index contributed by atoms with van der Waals surface area (Å²) in [5, 5.41) is 12.1. The summed E-state index contributed by atoms with van der Waals surface area (Å²) in [4.78, 5) is 23.7. The first-order chi connectivity index (χ1) is 13.3. The van der Waals surface area contributed by atoms with Crippen LogP contribution >= 0.6 is 38.5 Å². The van der Waals surface area contributed by atoms with Crippen molar-refractivity contribution in [1.82, 2.24) is 0 Å². The summed E-state index contributed by atoms with van der Waals surface area (Å²) in [5.74, 6) is -0.441. The van der Waals surface area contributed by atoms with Gasteiger partial charge in [-0.2, -0.15) is 5.26 Å². The Morgan fingerprint density at radius 2 is 1.96 bits per heavy atom. The minimum Gasteiger partial charge on any atom is -0.490 e. The molecule has 1 N–H and O–H groups in total. The van der Waals surface area contributed by atoms with E-state index < -0.39 is 11.9 Å². The molecule has 8 heteroatoms. The predicted molar refractivity (Wildman–Crippen MR) is 118 cm³/mol. The Balaban J connectivity index is 2.34. The Kier molecular flexibility index (Phi) is 8.02. The number of carbonyl (C=O) groups excluding carboxylic acids is 2. The molecule has 0 spiro atoms. The minimum atomic E-state index is -0.526. The lowest BCUT2D eigenvalue weighted by atomic mass is 10.1. The summed E-state index contributed by atoms with van der Waals surface area (Å²) in [6.07, 6.45) is 1.44. The van der Waals surface area contributed by atoms with Gasteiger partial charge in [-0.1, -0.05) is 0 Å². The van der Waals surface area contributed by atoms with Crippen molar-refractivity contribution in [1.29, 1.82) is 5.26 Å². The van der Waals surface area contributed by atoms with Gasteiger partial charge in [0, 0.05) is 16.2 Å². The molecule has 1 amide bonds. The van der Waals surface area contributed by atoms with Gasteiger partial charge in [0.15, 0.2) is 11.5 Å². The molecule has 2 aromatic carbocycles. The van der Waals surface area contributed by atoms with Gasteiger partial charge in [-0.15, -0.1) is 0 Å². The van der Waals surface area contributed by atoms with Gasteiger partial charge in [0.1, 0.15) is 11.6 Å². The molecule has 0 radical (unpaired) electrons. The van der Waals surface area contributed by atoms with E-state index in [0.717, 1.165) is 3.57 Å². The number of anilines is 1. The third-order valence-corrected chi connectivity index (χ3v) is 4.66. The van der Waals surface area contributed by atoms with E-state index in [1.807, 2.05) is 18.2 Å². The highest BCUT2D eigenvalue weighted by molar-refractivity contribution is 14.1. The maximum Gasteiger partial charge on any atom is 0.308 e. The molecule has 28 heavy (non-hydrogen) atoms. The number of rotatable bonds is 6. The molecule has 2 aromatic rings. The number of nitriles is 1. The quantitative estimate of drug-likeness (QED) is 0.180. The average molecular weight is 555 g/mol. The highest BCUT2D eigenvalue weighted by Gasteiger charge is 2.15. The molecular weight excluding hydrogens is 539 g/mol. The second-order valence-electron chi connectivity index (χ2n) is 5.49. The first-order valence-electron chi connectivity index (χ1n) is 8.17. The number of esters is 1. The van der Waals surface area contributed by atoms with Gasteiger partial charge in [-0.25, -0.2) is 0 Å². The SMILES string of the molecule is CCOc1cc(/C=C(/C#N)C(=O)Nc2ccc(I)cc2)cc(Br)c1OC(C)=O. The van der Waals surface area contributed by atoms with Crippen LogP contribution in [0.25, 0.3) is 6.08 Å². The molecule has 0 aromatic heterocycles. The van der Waals surface area contributed by atoms with Crippen LogP contribution in [0, 0.1) is 14.9 Å². The summed E-state index contributed by atoms with van der Waals surface area (Å²) in [5.41, 5.74) is 1.06. The number of benzene rings is 2. The van der Waals surface area contributed by atoms with Gasteiger partial charge >= 0.3 is 5.97 Å². The average Bonchev–Trinajstić information content (AvgIpc) is 2.64. The zero-order valence-corrected chi connectivity index (χ0v) is 18.8. The maximum absolute atomic E-state index is 12.4. The van der Waals surface area contributed by atoms with Gasteiger partial charge in [-0.3, -0.25) is 9.59 Å². The lowest BCUT2D eigenvalue weighted by Crippen LogP contribution is -2.13. The van der Waals surface area contributed by atoms with Crippen molar-refractivity contribution in [3.63, 3.8) is 0 Å². The van der Waals surface area contributed by atoms with Crippen molar-refractivity contribution in [3.8, 4) is 17.6 Å². The molecule has 144 valence electrons. The Labute approximate surface area is 184 Å². The van der Waals surface area contributed by atoms with Crippen molar-refractivity contribution in [3.05, 3.63) is 55.6 Å². The van der Waals surface area contributed by atoms with E-state index in [2.05, 4.69) is 43.8 Å². The van der Waals surface area contributed by atoms with Crippen molar-refractivity contribution in [2.24, 2.45) is 0 Å². The number of nitrogens with one attached hydrogen (secondary N) is 1. The van der Waals surface area contributed by atoms with Gasteiger partial charge < -0.3 is 14.8 Å².